The number of nitrogens with one attached hydrogen (secondary N) is 1. The van der Waals surface area contributed by atoms with Gasteiger partial charge < -0.3 is 5.32 Å². The lowest BCUT2D eigenvalue weighted by molar-refractivity contribution is -0.137. The highest BCUT2D eigenvalue weighted by molar-refractivity contribution is 6.32. The van der Waals surface area contributed by atoms with Crippen molar-refractivity contribution in [2.75, 3.05) is 26.2 Å². The number of hydrogen-bond donors (Lipinski definition) is 1. The summed E-state index contributed by atoms with van der Waals surface area (Å²) < 4.78 is 39.2. The van der Waals surface area contributed by atoms with E-state index in [1.807, 2.05) is 0 Å². The average molecular weight is 333 g/mol. The summed E-state index contributed by atoms with van der Waals surface area (Å²) >= 11 is 6.10. The maximum atomic E-state index is 13.1. The number of benzene rings is 1. The van der Waals surface area contributed by atoms with Crippen LogP contribution >= 0.6 is 11.6 Å². The molecule has 0 aromatic heterocycles. The van der Waals surface area contributed by atoms with Crippen molar-refractivity contribution in [2.45, 2.75) is 25.1 Å². The number of alkyl halides is 3. The van der Waals surface area contributed by atoms with Crippen LogP contribution in [0.5, 0.6) is 0 Å². The van der Waals surface area contributed by atoms with Crippen LogP contribution in [0.1, 0.15) is 30.0 Å². The van der Waals surface area contributed by atoms with E-state index in [0.29, 0.717) is 12.0 Å². The topological polar surface area (TPSA) is 15.3 Å². The smallest absolute Gasteiger partial charge is 0.314 e. The van der Waals surface area contributed by atoms with Crippen LogP contribution in [0.15, 0.2) is 30.9 Å². The lowest BCUT2D eigenvalue weighted by atomic mass is 9.97. The summed E-state index contributed by atoms with van der Waals surface area (Å²) in [6, 6.07) is 4.06. The quantitative estimate of drug-likeness (QED) is 0.810. The minimum absolute atomic E-state index is 0.116. The molecular formula is C16H20ClF3N2. The van der Waals surface area contributed by atoms with Crippen LogP contribution in [0.25, 0.3) is 0 Å². The lowest BCUT2D eigenvalue weighted by Gasteiger charge is -2.36. The van der Waals surface area contributed by atoms with Crippen LogP contribution in [0.3, 0.4) is 0 Å². The summed E-state index contributed by atoms with van der Waals surface area (Å²) in [7, 11) is 0. The third-order valence-electron chi connectivity index (χ3n) is 3.93. The summed E-state index contributed by atoms with van der Waals surface area (Å²) in [5.74, 6) is 0. The van der Waals surface area contributed by atoms with Gasteiger partial charge in [-0.25, -0.2) is 0 Å². The second-order valence-electron chi connectivity index (χ2n) is 5.37. The van der Waals surface area contributed by atoms with Gasteiger partial charge in [0, 0.05) is 32.2 Å². The van der Waals surface area contributed by atoms with Crippen molar-refractivity contribution in [1.82, 2.24) is 10.2 Å². The van der Waals surface area contributed by atoms with E-state index in [0.717, 1.165) is 38.7 Å². The first-order valence-electron chi connectivity index (χ1n) is 7.36. The number of hydrogen-bond acceptors (Lipinski definition) is 2. The third kappa shape index (κ3) is 4.03. The van der Waals surface area contributed by atoms with Crippen molar-refractivity contribution in [1.29, 1.82) is 0 Å². The third-order valence-corrected chi connectivity index (χ3v) is 4.35. The lowest BCUT2D eigenvalue weighted by Crippen LogP contribution is -2.45. The van der Waals surface area contributed by atoms with Gasteiger partial charge in [-0.1, -0.05) is 29.8 Å². The standard InChI is InChI=1S/C16H20ClF3N2/c1-2-3-7-14(22-10-8-21-9-11-22)12-5-4-6-13(15(12)17)16(18,19)20/h2,4-6,14,21H,1,3,7-11H2/t14-/m0/s1. The second-order valence-corrected chi connectivity index (χ2v) is 5.75. The van der Waals surface area contributed by atoms with Gasteiger partial charge in [0.1, 0.15) is 0 Å². The zero-order valence-electron chi connectivity index (χ0n) is 12.3. The molecule has 0 amide bonds. The van der Waals surface area contributed by atoms with Crippen molar-refractivity contribution < 1.29 is 13.2 Å². The van der Waals surface area contributed by atoms with Crippen LogP contribution in [-0.4, -0.2) is 31.1 Å². The van der Waals surface area contributed by atoms with Gasteiger partial charge in [-0.3, -0.25) is 4.90 Å². The molecule has 1 aliphatic rings. The summed E-state index contributed by atoms with van der Waals surface area (Å²) in [4.78, 5) is 2.20. The van der Waals surface area contributed by atoms with E-state index in [4.69, 9.17) is 11.6 Å². The van der Waals surface area contributed by atoms with Crippen molar-refractivity contribution in [3.63, 3.8) is 0 Å². The second kappa shape index (κ2) is 7.49. The van der Waals surface area contributed by atoms with E-state index in [2.05, 4.69) is 16.8 Å². The van der Waals surface area contributed by atoms with Gasteiger partial charge in [0.05, 0.1) is 10.6 Å². The van der Waals surface area contributed by atoms with E-state index in [1.165, 1.54) is 6.07 Å². The molecule has 1 aromatic carbocycles. The normalized spacial score (nSPS) is 18.2. The molecule has 2 nitrogen and oxygen atoms in total. The number of piperazine rings is 1. The van der Waals surface area contributed by atoms with Gasteiger partial charge >= 0.3 is 6.18 Å². The van der Waals surface area contributed by atoms with Gasteiger partial charge in [0.15, 0.2) is 0 Å². The Labute approximate surface area is 133 Å². The molecule has 1 atom stereocenters. The molecule has 1 aliphatic heterocycles. The molecular weight excluding hydrogens is 313 g/mol. The average Bonchev–Trinajstić information content (AvgIpc) is 2.49. The van der Waals surface area contributed by atoms with Crippen LogP contribution in [0.2, 0.25) is 5.02 Å². The van der Waals surface area contributed by atoms with Crippen molar-refractivity contribution in [3.8, 4) is 0 Å². The van der Waals surface area contributed by atoms with Crippen LogP contribution in [-0.2, 0) is 6.18 Å². The van der Waals surface area contributed by atoms with Gasteiger partial charge in [-0.2, -0.15) is 13.2 Å². The molecule has 1 aromatic rings. The first-order valence-corrected chi connectivity index (χ1v) is 7.74. The number of allylic oxidation sites excluding steroid dienone is 1. The molecule has 6 heteroatoms. The maximum Gasteiger partial charge on any atom is 0.417 e. The minimum Gasteiger partial charge on any atom is -0.314 e. The van der Waals surface area contributed by atoms with Crippen molar-refractivity contribution in [2.24, 2.45) is 0 Å². The van der Waals surface area contributed by atoms with E-state index in [9.17, 15) is 13.2 Å². The largest absolute Gasteiger partial charge is 0.417 e. The molecule has 0 aliphatic carbocycles. The molecule has 1 N–H and O–H groups in total. The highest BCUT2D eigenvalue weighted by Crippen LogP contribution is 2.40. The molecule has 1 fully saturated rings. The first kappa shape index (κ1) is 17.3. The summed E-state index contributed by atoms with van der Waals surface area (Å²) in [5.41, 5.74) is -0.203. The molecule has 0 radical (unpaired) electrons. The fourth-order valence-corrected chi connectivity index (χ4v) is 3.19. The number of nitrogens with zero attached hydrogens (tertiary/aromatic N) is 1. The van der Waals surface area contributed by atoms with Gasteiger partial charge in [0.2, 0.25) is 0 Å². The Balaban J connectivity index is 2.36. The Kier molecular flexibility index (Phi) is 5.89. The summed E-state index contributed by atoms with van der Waals surface area (Å²) in [5, 5.41) is 3.07. The zero-order chi connectivity index (χ0) is 16.2. The molecule has 22 heavy (non-hydrogen) atoms. The van der Waals surface area contributed by atoms with Crippen molar-refractivity contribution in [3.05, 3.63) is 47.0 Å². The first-order chi connectivity index (χ1) is 10.4. The minimum atomic E-state index is -4.43. The molecule has 0 bridgehead atoms. The maximum absolute atomic E-state index is 13.1. The van der Waals surface area contributed by atoms with E-state index in [1.54, 1.807) is 12.1 Å². The molecule has 1 saturated heterocycles. The predicted octanol–water partition coefficient (Wildman–Crippen LogP) is 4.27. The Hall–Kier alpha value is -1.04. The highest BCUT2D eigenvalue weighted by Gasteiger charge is 2.35. The number of halogens is 4. The van der Waals surface area contributed by atoms with E-state index in [-0.39, 0.29) is 11.1 Å². The summed E-state index contributed by atoms with van der Waals surface area (Å²) in [6.07, 6.45) is -1.19. The molecule has 122 valence electrons. The zero-order valence-corrected chi connectivity index (χ0v) is 13.1. The van der Waals surface area contributed by atoms with Crippen LogP contribution in [0.4, 0.5) is 13.2 Å². The number of rotatable bonds is 5. The Morgan fingerprint density at radius 1 is 1.32 bits per heavy atom. The van der Waals surface area contributed by atoms with E-state index < -0.39 is 11.7 Å². The predicted molar refractivity (Wildman–Crippen MR) is 83.1 cm³/mol. The molecule has 0 unspecified atom stereocenters. The van der Waals surface area contributed by atoms with Crippen LogP contribution < -0.4 is 5.32 Å². The molecule has 0 spiro atoms. The Morgan fingerprint density at radius 2 is 2.00 bits per heavy atom. The van der Waals surface area contributed by atoms with Gasteiger partial charge in [-0.15, -0.1) is 6.58 Å². The Bertz CT molecular complexity index is 511. The fourth-order valence-electron chi connectivity index (χ4n) is 2.83. The van der Waals surface area contributed by atoms with Gasteiger partial charge in [-0.05, 0) is 24.5 Å². The fraction of sp³-hybridized carbons (Fsp3) is 0.500. The molecule has 1 heterocycles. The Morgan fingerprint density at radius 3 is 2.59 bits per heavy atom. The summed E-state index contributed by atoms with van der Waals surface area (Å²) in [6.45, 7) is 6.98. The SMILES string of the molecule is C=CCC[C@@H](c1cccc(C(F)(F)F)c1Cl)N1CCNCC1. The van der Waals surface area contributed by atoms with Gasteiger partial charge in [0.25, 0.3) is 0 Å². The molecule has 0 saturated carbocycles. The van der Waals surface area contributed by atoms with Crippen LogP contribution in [0, 0.1) is 0 Å². The van der Waals surface area contributed by atoms with Crippen molar-refractivity contribution >= 4 is 11.6 Å². The highest BCUT2D eigenvalue weighted by atomic mass is 35.5. The monoisotopic (exact) mass is 332 g/mol. The van der Waals surface area contributed by atoms with E-state index >= 15 is 0 Å². The molecule has 2 rings (SSSR count).